The lowest BCUT2D eigenvalue weighted by Gasteiger charge is -2.16. The lowest BCUT2D eigenvalue weighted by molar-refractivity contribution is 0.321. The molecule has 2 aromatic carbocycles. The van der Waals surface area contributed by atoms with Gasteiger partial charge in [0.15, 0.2) is 5.84 Å². The van der Waals surface area contributed by atoms with Crippen molar-refractivity contribution >= 4 is 5.84 Å². The Morgan fingerprint density at radius 3 is 2.56 bits per heavy atom. The van der Waals surface area contributed by atoms with Crippen LogP contribution in [0.2, 0.25) is 0 Å². The van der Waals surface area contributed by atoms with Crippen molar-refractivity contribution in [2.75, 3.05) is 27.8 Å². The van der Waals surface area contributed by atoms with Crippen molar-refractivity contribution < 1.29 is 9.47 Å². The number of hydrogen-bond acceptors (Lipinski definition) is 5. The van der Waals surface area contributed by atoms with E-state index in [4.69, 9.17) is 9.47 Å². The van der Waals surface area contributed by atoms with Gasteiger partial charge in [0.25, 0.3) is 0 Å². The number of methoxy groups -OCH3 is 1. The van der Waals surface area contributed by atoms with E-state index in [1.165, 1.54) is 5.56 Å². The highest BCUT2D eigenvalue weighted by Crippen LogP contribution is 2.21. The van der Waals surface area contributed by atoms with E-state index in [0.717, 1.165) is 29.3 Å². The molecule has 0 aliphatic heterocycles. The van der Waals surface area contributed by atoms with Crippen LogP contribution in [0.4, 0.5) is 0 Å². The Hall–Kier alpha value is -3.28. The Bertz CT molecular complexity index is 871. The van der Waals surface area contributed by atoms with Gasteiger partial charge in [0.1, 0.15) is 17.8 Å². The average molecular weight is 364 g/mol. The van der Waals surface area contributed by atoms with Crippen LogP contribution in [0.1, 0.15) is 11.1 Å². The summed E-state index contributed by atoms with van der Waals surface area (Å²) in [4.78, 5) is 4.13. The molecule has 0 fully saturated rings. The van der Waals surface area contributed by atoms with E-state index in [1.807, 2.05) is 61.3 Å². The number of aromatic nitrogens is 2. The summed E-state index contributed by atoms with van der Waals surface area (Å²) in [5, 5.41) is 6.38. The molecule has 0 spiro atoms. The molecule has 0 atom stereocenters. The van der Waals surface area contributed by atoms with Crippen LogP contribution in [0, 0.1) is 0 Å². The zero-order chi connectivity index (χ0) is 19.1. The van der Waals surface area contributed by atoms with Crippen molar-refractivity contribution in [3.05, 3.63) is 78.4 Å². The molecule has 0 N–H and O–H groups in total. The molecular formula is C21H24N4O2. The van der Waals surface area contributed by atoms with Crippen LogP contribution in [0.25, 0.3) is 0 Å². The Morgan fingerprint density at radius 1 is 1.11 bits per heavy atom. The molecule has 0 unspecified atom stereocenters. The first-order chi connectivity index (χ1) is 13.2. The molecule has 0 aliphatic rings. The first-order valence-electron chi connectivity index (χ1n) is 8.77. The maximum atomic E-state index is 6.09. The van der Waals surface area contributed by atoms with Crippen LogP contribution in [0.5, 0.6) is 11.5 Å². The fourth-order valence-corrected chi connectivity index (χ4v) is 2.67. The van der Waals surface area contributed by atoms with Gasteiger partial charge in [-0.25, -0.2) is 4.98 Å². The number of ether oxygens (including phenoxy) is 2. The van der Waals surface area contributed by atoms with Gasteiger partial charge >= 0.3 is 0 Å². The lowest BCUT2D eigenvalue weighted by atomic mass is 10.1. The predicted molar refractivity (Wildman–Crippen MR) is 106 cm³/mol. The van der Waals surface area contributed by atoms with Gasteiger partial charge < -0.3 is 14.5 Å². The topological polar surface area (TPSA) is 51.9 Å². The van der Waals surface area contributed by atoms with Gasteiger partial charge in [0, 0.05) is 32.9 Å². The summed E-state index contributed by atoms with van der Waals surface area (Å²) in [6.45, 7) is 0.572. The van der Waals surface area contributed by atoms with E-state index in [-0.39, 0.29) is 0 Å². The number of nitrogens with zero attached hydrogens (tertiary/aromatic N) is 4. The van der Waals surface area contributed by atoms with Crippen molar-refractivity contribution in [3.8, 4) is 11.5 Å². The van der Waals surface area contributed by atoms with E-state index in [2.05, 4.69) is 22.2 Å². The van der Waals surface area contributed by atoms with Crippen molar-refractivity contribution in [3.63, 3.8) is 0 Å². The number of para-hydroxylation sites is 1. The van der Waals surface area contributed by atoms with E-state index in [9.17, 15) is 0 Å². The van der Waals surface area contributed by atoms with Gasteiger partial charge in [0.05, 0.1) is 19.3 Å². The molecule has 140 valence electrons. The Morgan fingerprint density at radius 2 is 1.89 bits per heavy atom. The van der Waals surface area contributed by atoms with Crippen molar-refractivity contribution in [2.24, 2.45) is 5.10 Å². The third-order valence-electron chi connectivity index (χ3n) is 3.98. The third-order valence-corrected chi connectivity index (χ3v) is 3.98. The van der Waals surface area contributed by atoms with Gasteiger partial charge in [-0.2, -0.15) is 5.10 Å². The van der Waals surface area contributed by atoms with Gasteiger partial charge in [-0.1, -0.05) is 24.3 Å². The smallest absolute Gasteiger partial charge is 0.168 e. The minimum absolute atomic E-state index is 0.572. The lowest BCUT2D eigenvalue weighted by Crippen LogP contribution is -2.18. The second kappa shape index (κ2) is 8.89. The second-order valence-electron chi connectivity index (χ2n) is 6.18. The zero-order valence-corrected chi connectivity index (χ0v) is 15.9. The molecule has 1 aromatic heterocycles. The van der Waals surface area contributed by atoms with Crippen LogP contribution in [0.15, 0.2) is 72.4 Å². The Labute approximate surface area is 159 Å². The van der Waals surface area contributed by atoms with Crippen LogP contribution in [-0.2, 0) is 6.42 Å². The number of rotatable bonds is 7. The average Bonchev–Trinajstić information content (AvgIpc) is 3.22. The van der Waals surface area contributed by atoms with Crippen molar-refractivity contribution in [1.82, 2.24) is 14.6 Å². The van der Waals surface area contributed by atoms with Gasteiger partial charge in [-0.15, -0.1) is 0 Å². The fraction of sp³-hybridized carbons (Fsp3) is 0.238. The SMILES string of the molecule is COc1ccc(CCOc2ccccc2C(=NN(C)C)n2ccnc2)cc1. The Balaban J connectivity index is 1.76. The third kappa shape index (κ3) is 4.88. The zero-order valence-electron chi connectivity index (χ0n) is 15.9. The molecular weight excluding hydrogens is 340 g/mol. The van der Waals surface area contributed by atoms with Crippen LogP contribution in [0.3, 0.4) is 0 Å². The van der Waals surface area contributed by atoms with Crippen LogP contribution < -0.4 is 9.47 Å². The molecule has 0 aliphatic carbocycles. The maximum Gasteiger partial charge on any atom is 0.168 e. The summed E-state index contributed by atoms with van der Waals surface area (Å²) in [5.41, 5.74) is 2.11. The molecule has 27 heavy (non-hydrogen) atoms. The molecule has 3 aromatic rings. The highest BCUT2D eigenvalue weighted by molar-refractivity contribution is 6.02. The molecule has 0 bridgehead atoms. The molecule has 0 saturated heterocycles. The summed E-state index contributed by atoms with van der Waals surface area (Å²) >= 11 is 0. The Kier molecular flexibility index (Phi) is 6.10. The second-order valence-corrected chi connectivity index (χ2v) is 6.18. The maximum absolute atomic E-state index is 6.09. The largest absolute Gasteiger partial charge is 0.497 e. The van der Waals surface area contributed by atoms with Crippen molar-refractivity contribution in [1.29, 1.82) is 0 Å². The number of benzene rings is 2. The molecule has 0 saturated carbocycles. The summed E-state index contributed by atoms with van der Waals surface area (Å²) < 4.78 is 13.2. The minimum atomic E-state index is 0.572. The quantitative estimate of drug-likeness (QED) is 0.367. The highest BCUT2D eigenvalue weighted by Gasteiger charge is 2.13. The molecule has 0 radical (unpaired) electrons. The molecule has 1 heterocycles. The summed E-state index contributed by atoms with van der Waals surface area (Å²) in [5.74, 6) is 2.41. The highest BCUT2D eigenvalue weighted by atomic mass is 16.5. The molecule has 6 nitrogen and oxygen atoms in total. The van der Waals surface area contributed by atoms with Gasteiger partial charge in [-0.05, 0) is 29.8 Å². The number of hydrogen-bond donors (Lipinski definition) is 0. The van der Waals surface area contributed by atoms with Crippen LogP contribution >= 0.6 is 0 Å². The minimum Gasteiger partial charge on any atom is -0.497 e. The normalized spacial score (nSPS) is 11.3. The summed E-state index contributed by atoms with van der Waals surface area (Å²) in [6.07, 6.45) is 6.15. The predicted octanol–water partition coefficient (Wildman–Crippen LogP) is 3.28. The monoisotopic (exact) mass is 364 g/mol. The standard InChI is InChI=1S/C21H24N4O2/c1-24(2)23-21(25-14-13-22-16-25)19-6-4-5-7-20(19)27-15-12-17-8-10-18(26-3)11-9-17/h4-11,13-14,16H,12,15H2,1-3H3. The fourth-order valence-electron chi connectivity index (χ4n) is 2.67. The molecule has 6 heteroatoms. The number of hydrazone groups is 1. The van der Waals surface area contributed by atoms with Gasteiger partial charge in [-0.3, -0.25) is 4.57 Å². The van der Waals surface area contributed by atoms with E-state index >= 15 is 0 Å². The number of imidazole rings is 1. The summed E-state index contributed by atoms with van der Waals surface area (Å²) in [7, 11) is 5.45. The van der Waals surface area contributed by atoms with E-state index < -0.39 is 0 Å². The first-order valence-corrected chi connectivity index (χ1v) is 8.77. The first kappa shape index (κ1) is 18.5. The van der Waals surface area contributed by atoms with Gasteiger partial charge in [0.2, 0.25) is 0 Å². The summed E-state index contributed by atoms with van der Waals surface area (Å²) in [6, 6.07) is 15.9. The molecule has 3 rings (SSSR count). The molecule has 0 amide bonds. The van der Waals surface area contributed by atoms with E-state index in [1.54, 1.807) is 24.6 Å². The van der Waals surface area contributed by atoms with E-state index in [0.29, 0.717) is 6.61 Å². The van der Waals surface area contributed by atoms with Crippen LogP contribution in [-0.4, -0.2) is 48.2 Å². The van der Waals surface area contributed by atoms with Crippen molar-refractivity contribution in [2.45, 2.75) is 6.42 Å².